The molecule has 0 nitrogen and oxygen atoms in total. The van der Waals surface area contributed by atoms with Gasteiger partial charge in [0.2, 0.25) is 0 Å². The zero-order valence-electron chi connectivity index (χ0n) is 4.29. The molecule has 0 bridgehead atoms. The molecule has 0 radical (unpaired) electrons. The summed E-state index contributed by atoms with van der Waals surface area (Å²) in [5.41, 5.74) is 0. The Balaban J connectivity index is -0.0000000800. The van der Waals surface area contributed by atoms with Crippen LogP contribution in [0, 0.1) is 6.42 Å². The molecule has 0 heterocycles. The summed E-state index contributed by atoms with van der Waals surface area (Å²) < 4.78 is 0. The number of rotatable bonds is 2. The number of halogens is 1. The van der Waals surface area contributed by atoms with E-state index in [4.69, 9.17) is 0 Å². The van der Waals surface area contributed by atoms with E-state index in [0.29, 0.717) is 0 Å². The Morgan fingerprint density at radius 3 is 2.14 bits per heavy atom. The van der Waals surface area contributed by atoms with Crippen molar-refractivity contribution in [1.82, 2.24) is 0 Å². The molecule has 0 rings (SSSR count). The van der Waals surface area contributed by atoms with Gasteiger partial charge in [-0.15, -0.1) is 18.8 Å². The van der Waals surface area contributed by atoms with Crippen molar-refractivity contribution in [3.8, 4) is 0 Å². The molecule has 0 aromatic rings. The van der Waals surface area contributed by atoms with Gasteiger partial charge in [0.25, 0.3) is 0 Å². The maximum absolute atomic E-state index is 3.49. The quantitative estimate of drug-likeness (QED) is 0.433. The number of unbranched alkanes of at least 4 members (excludes halogenated alkanes) is 1. The van der Waals surface area contributed by atoms with Gasteiger partial charge in [-0.3, -0.25) is 0 Å². The van der Waals surface area contributed by atoms with Gasteiger partial charge < -0.3 is 0 Å². The second kappa shape index (κ2) is 16.2. The van der Waals surface area contributed by atoms with E-state index in [2.05, 4.69) is 13.5 Å². The van der Waals surface area contributed by atoms with Crippen molar-refractivity contribution in [3.05, 3.63) is 19.1 Å². The molecule has 0 aliphatic carbocycles. The van der Waals surface area contributed by atoms with Crippen molar-refractivity contribution >= 4 is 12.4 Å². The molecule has 7 heavy (non-hydrogen) atoms. The average Bonchev–Trinajstić information content (AvgIpc) is 1.41. The summed E-state index contributed by atoms with van der Waals surface area (Å²) in [4.78, 5) is 0. The summed E-state index contributed by atoms with van der Waals surface area (Å²) in [5, 5.41) is 0. The summed E-state index contributed by atoms with van der Waals surface area (Å²) >= 11 is 0. The van der Waals surface area contributed by atoms with Crippen molar-refractivity contribution < 1.29 is 16.5 Å². The predicted octanol–water partition coefficient (Wildman–Crippen LogP) is 2.21. The van der Waals surface area contributed by atoms with E-state index in [1.54, 1.807) is 6.08 Å². The first-order valence-corrected chi connectivity index (χ1v) is 1.86. The van der Waals surface area contributed by atoms with Crippen LogP contribution in [0.4, 0.5) is 0 Å². The molecule has 0 unspecified atom stereocenters. The smallest absolute Gasteiger partial charge is 0 e. The fraction of sp³-hybridized carbons (Fsp3) is 0.400. The molecule has 0 saturated carbocycles. The predicted molar refractivity (Wildman–Crippen MR) is 32.0 cm³/mol. The maximum Gasteiger partial charge on any atom is 0 e. The van der Waals surface area contributed by atoms with Gasteiger partial charge in [-0.05, 0) is 0 Å². The van der Waals surface area contributed by atoms with Crippen LogP contribution in [0.1, 0.15) is 13.3 Å². The summed E-state index contributed by atoms with van der Waals surface area (Å²) in [5.74, 6) is 0. The van der Waals surface area contributed by atoms with Crippen LogP contribution in [-0.2, 0) is 16.5 Å². The van der Waals surface area contributed by atoms with Gasteiger partial charge in [0, 0.05) is 16.5 Å². The Labute approximate surface area is 61.7 Å². The van der Waals surface area contributed by atoms with Crippen molar-refractivity contribution in [2.24, 2.45) is 0 Å². The standard InChI is InChI=1S/C5H9.ClH.Ni/c1-3-5-4-2;;/h3,5H,1,4H2,2H3;1H;/q-1;;. The zero-order chi connectivity index (χ0) is 4.12. The second-order valence-electron chi connectivity index (χ2n) is 0.880. The van der Waals surface area contributed by atoms with Crippen molar-refractivity contribution in [2.45, 2.75) is 13.3 Å². The molecule has 0 spiro atoms. The molecule has 0 amide bonds. The fourth-order valence-electron chi connectivity index (χ4n) is 0.167. The van der Waals surface area contributed by atoms with E-state index >= 15 is 0 Å². The molecular weight excluding hydrogens is 154 g/mol. The Hall–Kier alpha value is 0.394. The van der Waals surface area contributed by atoms with Gasteiger partial charge in [-0.1, -0.05) is 6.92 Å². The SMILES string of the molecule is C=C[CH-]CC.Cl.[Ni]. The van der Waals surface area contributed by atoms with Gasteiger partial charge in [0.05, 0.1) is 0 Å². The molecule has 0 N–H and O–H groups in total. The molecule has 2 heteroatoms. The van der Waals surface area contributed by atoms with Crippen molar-refractivity contribution in [2.75, 3.05) is 0 Å². The Kier molecular flexibility index (Phi) is 36.1. The van der Waals surface area contributed by atoms with Gasteiger partial charge in [-0.25, -0.2) is 19.1 Å². The van der Waals surface area contributed by atoms with Crippen LogP contribution in [0.25, 0.3) is 0 Å². The Morgan fingerprint density at radius 2 is 2.14 bits per heavy atom. The van der Waals surface area contributed by atoms with Crippen LogP contribution < -0.4 is 0 Å². The zero-order valence-corrected chi connectivity index (χ0v) is 6.10. The minimum absolute atomic E-state index is 0. The molecule has 0 atom stereocenters. The molecular formula is C5H10ClNi-. The van der Waals surface area contributed by atoms with Gasteiger partial charge in [0.1, 0.15) is 0 Å². The first kappa shape index (κ1) is 15.7. The average molecular weight is 164 g/mol. The van der Waals surface area contributed by atoms with E-state index in [1.165, 1.54) is 0 Å². The Bertz CT molecular complexity index is 29.3. The summed E-state index contributed by atoms with van der Waals surface area (Å²) in [6.07, 6.45) is 4.92. The number of allylic oxidation sites excluding steroid dienone is 1. The number of hydrogen-bond acceptors (Lipinski definition) is 0. The minimum atomic E-state index is 0. The third kappa shape index (κ3) is 21.5. The van der Waals surface area contributed by atoms with Crippen LogP contribution in [-0.4, -0.2) is 0 Å². The van der Waals surface area contributed by atoms with Gasteiger partial charge in [0.15, 0.2) is 0 Å². The monoisotopic (exact) mass is 163 g/mol. The normalized spacial score (nSPS) is 4.71. The van der Waals surface area contributed by atoms with Crippen LogP contribution in [0.5, 0.6) is 0 Å². The molecule has 0 aliphatic heterocycles. The molecule has 0 fully saturated rings. The molecule has 0 aromatic heterocycles. The van der Waals surface area contributed by atoms with Gasteiger partial charge >= 0.3 is 0 Å². The van der Waals surface area contributed by atoms with E-state index < -0.39 is 0 Å². The summed E-state index contributed by atoms with van der Waals surface area (Å²) in [6, 6.07) is 0. The number of hydrogen-bond donors (Lipinski definition) is 0. The molecule has 0 saturated heterocycles. The molecule has 0 aliphatic rings. The molecule has 0 aromatic carbocycles. The topological polar surface area (TPSA) is 0 Å². The largest absolute Gasteiger partial charge is 0.245 e. The first-order chi connectivity index (χ1) is 2.41. The van der Waals surface area contributed by atoms with Crippen LogP contribution in [0.15, 0.2) is 12.7 Å². The van der Waals surface area contributed by atoms with E-state index in [1.807, 2.05) is 6.42 Å². The van der Waals surface area contributed by atoms with Crippen LogP contribution in [0.3, 0.4) is 0 Å². The second-order valence-corrected chi connectivity index (χ2v) is 0.880. The third-order valence-electron chi connectivity index (χ3n) is 0.402. The van der Waals surface area contributed by atoms with Crippen molar-refractivity contribution in [1.29, 1.82) is 0 Å². The van der Waals surface area contributed by atoms with E-state index in [9.17, 15) is 0 Å². The van der Waals surface area contributed by atoms with Crippen molar-refractivity contribution in [3.63, 3.8) is 0 Å². The van der Waals surface area contributed by atoms with Crippen LogP contribution in [0.2, 0.25) is 0 Å². The van der Waals surface area contributed by atoms with Gasteiger partial charge in [-0.2, -0.15) is 0 Å². The minimum Gasteiger partial charge on any atom is -0.245 e. The van der Waals surface area contributed by atoms with E-state index in [0.717, 1.165) is 6.42 Å². The Morgan fingerprint density at radius 1 is 1.71 bits per heavy atom. The molecule has 48 valence electrons. The maximum atomic E-state index is 3.49. The summed E-state index contributed by atoms with van der Waals surface area (Å²) in [7, 11) is 0. The van der Waals surface area contributed by atoms with Crippen LogP contribution >= 0.6 is 12.4 Å². The summed E-state index contributed by atoms with van der Waals surface area (Å²) in [6.45, 7) is 5.58. The third-order valence-corrected chi connectivity index (χ3v) is 0.402. The fourth-order valence-corrected chi connectivity index (χ4v) is 0.167. The first-order valence-electron chi connectivity index (χ1n) is 1.86. The van der Waals surface area contributed by atoms with E-state index in [-0.39, 0.29) is 28.9 Å².